The highest BCUT2D eigenvalue weighted by molar-refractivity contribution is 5.97. The third kappa shape index (κ3) is 7.39. The van der Waals surface area contributed by atoms with Crippen LogP contribution in [0.5, 0.6) is 11.5 Å². The van der Waals surface area contributed by atoms with Gasteiger partial charge in [0.1, 0.15) is 35.5 Å². The van der Waals surface area contributed by atoms with Crippen molar-refractivity contribution in [2.45, 2.75) is 50.2 Å². The van der Waals surface area contributed by atoms with E-state index in [4.69, 9.17) is 28.8 Å². The summed E-state index contributed by atoms with van der Waals surface area (Å²) in [6, 6.07) is 24.0. The van der Waals surface area contributed by atoms with Crippen LogP contribution in [0.2, 0.25) is 0 Å². The van der Waals surface area contributed by atoms with Gasteiger partial charge in [0, 0.05) is 13.0 Å². The molecular formula is C35H38N2O10. The minimum absolute atomic E-state index is 0.0930. The van der Waals surface area contributed by atoms with Crippen LogP contribution in [-0.4, -0.2) is 79.7 Å². The van der Waals surface area contributed by atoms with Crippen LogP contribution < -0.4 is 14.8 Å². The number of hydrogen-bond donors (Lipinski definition) is 2. The first-order valence-corrected chi connectivity index (χ1v) is 15.3. The lowest BCUT2D eigenvalue weighted by molar-refractivity contribution is -0.158. The lowest BCUT2D eigenvalue weighted by Gasteiger charge is -2.37. The Morgan fingerprint density at radius 1 is 0.894 bits per heavy atom. The van der Waals surface area contributed by atoms with Crippen molar-refractivity contribution in [3.8, 4) is 11.5 Å². The van der Waals surface area contributed by atoms with Crippen LogP contribution in [0.25, 0.3) is 0 Å². The fraction of sp³-hybridized carbons (Fsp3) is 0.371. The maximum atomic E-state index is 12.8. The standard InChI is InChI=1S/C35H38N2O10/c1-22-20-37(34(42)36-33(22)41)30-19-28(47-32(40)18-17-31(38)39)29(46-30)21-45-35(23-7-5-4-6-8-23,24-9-13-26(43-2)14-10-24)25-11-15-27(44-3)16-12-25/h4-16,22,28-30H,17-21H2,1-3H3,(H,38,39)(H,36,41,42)/t22?,28-,29+,30+/m0/s1. The molecule has 5 rings (SSSR count). The van der Waals surface area contributed by atoms with Crippen molar-refractivity contribution >= 4 is 23.9 Å². The molecule has 248 valence electrons. The minimum atomic E-state index is -1.19. The number of amides is 3. The molecule has 0 saturated carbocycles. The van der Waals surface area contributed by atoms with Gasteiger partial charge >= 0.3 is 18.0 Å². The van der Waals surface area contributed by atoms with Crippen LogP contribution in [0.4, 0.5) is 4.79 Å². The summed E-state index contributed by atoms with van der Waals surface area (Å²) in [5.74, 6) is -1.37. The normalized spacial score (nSPS) is 21.2. The summed E-state index contributed by atoms with van der Waals surface area (Å²) in [5, 5.41) is 11.4. The number of ether oxygens (including phenoxy) is 5. The van der Waals surface area contributed by atoms with Crippen LogP contribution in [0.3, 0.4) is 0 Å². The van der Waals surface area contributed by atoms with Gasteiger partial charge in [0.15, 0.2) is 0 Å². The number of nitrogens with zero attached hydrogens (tertiary/aromatic N) is 1. The maximum Gasteiger partial charge on any atom is 0.326 e. The number of carboxylic acids is 1. The Morgan fingerprint density at radius 3 is 2.02 bits per heavy atom. The smallest absolute Gasteiger partial charge is 0.326 e. The summed E-state index contributed by atoms with van der Waals surface area (Å²) in [5.41, 5.74) is 1.18. The number of hydrogen-bond acceptors (Lipinski definition) is 9. The van der Waals surface area contributed by atoms with Gasteiger partial charge in [-0.1, -0.05) is 61.5 Å². The molecule has 12 heteroatoms. The SMILES string of the molecule is COc1ccc(C(OC[C@H]2O[C@@H](N3CC(C)C(=O)NC3=O)C[C@@H]2OC(=O)CCC(=O)O)(c2ccccc2)c2ccc(OC)cc2)cc1. The fourth-order valence-corrected chi connectivity index (χ4v) is 5.89. The molecule has 0 aliphatic carbocycles. The van der Waals surface area contributed by atoms with Gasteiger partial charge in [-0.15, -0.1) is 0 Å². The number of nitrogens with one attached hydrogen (secondary N) is 1. The molecule has 12 nitrogen and oxygen atoms in total. The Labute approximate surface area is 272 Å². The van der Waals surface area contributed by atoms with Crippen molar-refractivity contribution in [2.75, 3.05) is 27.4 Å². The van der Waals surface area contributed by atoms with Crippen molar-refractivity contribution in [1.29, 1.82) is 0 Å². The molecule has 2 aliphatic heterocycles. The van der Waals surface area contributed by atoms with Crippen molar-refractivity contribution in [3.05, 3.63) is 95.6 Å². The third-order valence-electron chi connectivity index (χ3n) is 8.40. The molecule has 0 radical (unpaired) electrons. The monoisotopic (exact) mass is 646 g/mol. The van der Waals surface area contributed by atoms with E-state index < -0.39 is 54.3 Å². The quantitative estimate of drug-likeness (QED) is 0.205. The van der Waals surface area contributed by atoms with Crippen LogP contribution in [0.15, 0.2) is 78.9 Å². The highest BCUT2D eigenvalue weighted by atomic mass is 16.6. The summed E-state index contributed by atoms with van der Waals surface area (Å²) >= 11 is 0. The average molecular weight is 647 g/mol. The molecule has 2 heterocycles. The Balaban J connectivity index is 1.52. The molecule has 47 heavy (non-hydrogen) atoms. The maximum absolute atomic E-state index is 12.8. The molecular weight excluding hydrogens is 608 g/mol. The van der Waals surface area contributed by atoms with Gasteiger partial charge in [-0.05, 0) is 41.0 Å². The van der Waals surface area contributed by atoms with E-state index in [-0.39, 0.29) is 31.9 Å². The number of carboxylic acid groups (broad SMARTS) is 1. The predicted octanol–water partition coefficient (Wildman–Crippen LogP) is 4.09. The second-order valence-electron chi connectivity index (χ2n) is 11.4. The van der Waals surface area contributed by atoms with E-state index in [2.05, 4.69) is 5.32 Å². The van der Waals surface area contributed by atoms with E-state index >= 15 is 0 Å². The topological polar surface area (TPSA) is 150 Å². The number of benzene rings is 3. The molecule has 0 bridgehead atoms. The zero-order chi connectivity index (χ0) is 33.6. The van der Waals surface area contributed by atoms with Gasteiger partial charge in [0.25, 0.3) is 0 Å². The molecule has 0 spiro atoms. The van der Waals surface area contributed by atoms with E-state index in [1.54, 1.807) is 21.1 Å². The van der Waals surface area contributed by atoms with Crippen molar-refractivity contribution in [1.82, 2.24) is 10.2 Å². The summed E-state index contributed by atoms with van der Waals surface area (Å²) in [7, 11) is 3.18. The lowest BCUT2D eigenvalue weighted by Crippen LogP contribution is -2.57. The van der Waals surface area contributed by atoms with Gasteiger partial charge in [-0.2, -0.15) is 0 Å². The Kier molecular flexibility index (Phi) is 10.4. The molecule has 3 amide bonds. The van der Waals surface area contributed by atoms with Crippen molar-refractivity contribution in [3.63, 3.8) is 0 Å². The lowest BCUT2D eigenvalue weighted by atomic mass is 9.80. The average Bonchev–Trinajstić information content (AvgIpc) is 3.48. The summed E-state index contributed by atoms with van der Waals surface area (Å²) in [4.78, 5) is 50.2. The van der Waals surface area contributed by atoms with E-state index in [1.807, 2.05) is 78.9 Å². The van der Waals surface area contributed by atoms with E-state index in [0.29, 0.717) is 11.5 Å². The molecule has 2 N–H and O–H groups in total. The summed E-state index contributed by atoms with van der Waals surface area (Å²) in [6.45, 7) is 1.73. The van der Waals surface area contributed by atoms with Crippen LogP contribution in [0, 0.1) is 5.92 Å². The first kappa shape index (κ1) is 33.4. The number of aliphatic carboxylic acids is 1. The van der Waals surface area contributed by atoms with Gasteiger partial charge in [0.2, 0.25) is 5.91 Å². The van der Waals surface area contributed by atoms with E-state index in [1.165, 1.54) is 4.90 Å². The van der Waals surface area contributed by atoms with Gasteiger partial charge in [-0.25, -0.2) is 4.79 Å². The summed E-state index contributed by atoms with van der Waals surface area (Å²) < 4.78 is 29.9. The Morgan fingerprint density at radius 2 is 1.47 bits per heavy atom. The highest BCUT2D eigenvalue weighted by Gasteiger charge is 2.47. The van der Waals surface area contributed by atoms with Crippen molar-refractivity contribution in [2.24, 2.45) is 5.92 Å². The molecule has 2 aliphatic rings. The highest BCUT2D eigenvalue weighted by Crippen LogP contribution is 2.42. The molecule has 1 unspecified atom stereocenters. The number of rotatable bonds is 13. The van der Waals surface area contributed by atoms with Gasteiger partial charge < -0.3 is 28.8 Å². The molecule has 3 aromatic rings. The number of esters is 1. The second-order valence-corrected chi connectivity index (χ2v) is 11.4. The number of imide groups is 1. The third-order valence-corrected chi connectivity index (χ3v) is 8.40. The molecule has 4 atom stereocenters. The van der Waals surface area contributed by atoms with Gasteiger partial charge in [-0.3, -0.25) is 24.6 Å². The number of methoxy groups -OCH3 is 2. The molecule has 3 aromatic carbocycles. The number of urea groups is 1. The Hall–Kier alpha value is -4.94. The number of carbonyl (C=O) groups is 4. The molecule has 2 saturated heterocycles. The first-order valence-electron chi connectivity index (χ1n) is 15.3. The van der Waals surface area contributed by atoms with E-state index in [0.717, 1.165) is 16.7 Å². The predicted molar refractivity (Wildman–Crippen MR) is 168 cm³/mol. The van der Waals surface area contributed by atoms with Gasteiger partial charge in [0.05, 0.1) is 39.6 Å². The number of carbonyl (C=O) groups excluding carboxylic acids is 3. The molecule has 2 fully saturated rings. The zero-order valence-electron chi connectivity index (χ0n) is 26.4. The zero-order valence-corrected chi connectivity index (χ0v) is 26.4. The first-order chi connectivity index (χ1) is 22.6. The van der Waals surface area contributed by atoms with Crippen LogP contribution >= 0.6 is 0 Å². The second kappa shape index (κ2) is 14.7. The largest absolute Gasteiger partial charge is 0.497 e. The summed E-state index contributed by atoms with van der Waals surface area (Å²) in [6.07, 6.45) is -3.17. The Bertz CT molecular complexity index is 1510. The van der Waals surface area contributed by atoms with Crippen LogP contribution in [-0.2, 0) is 34.2 Å². The van der Waals surface area contributed by atoms with E-state index in [9.17, 15) is 19.2 Å². The van der Waals surface area contributed by atoms with Crippen molar-refractivity contribution < 1.29 is 48.0 Å². The fourth-order valence-electron chi connectivity index (χ4n) is 5.89. The van der Waals surface area contributed by atoms with Crippen LogP contribution in [0.1, 0.15) is 42.9 Å². The molecule has 0 aromatic heterocycles. The minimum Gasteiger partial charge on any atom is -0.497 e.